The summed E-state index contributed by atoms with van der Waals surface area (Å²) < 4.78 is 15.6. The molecule has 0 spiro atoms. The van der Waals surface area contributed by atoms with Gasteiger partial charge in [-0.1, -0.05) is 0 Å². The van der Waals surface area contributed by atoms with Crippen molar-refractivity contribution in [2.45, 2.75) is 39.0 Å². The smallest absolute Gasteiger partial charge is 0.251 e. The van der Waals surface area contributed by atoms with Crippen LogP contribution in [0.4, 0.5) is 10.2 Å². The van der Waals surface area contributed by atoms with E-state index in [-0.39, 0.29) is 11.6 Å². The Morgan fingerprint density at radius 2 is 2.21 bits per heavy atom. The number of halogens is 1. The van der Waals surface area contributed by atoms with Crippen LogP contribution in [0.1, 0.15) is 29.4 Å². The number of rotatable bonds is 5. The number of carbonyl (C=O) groups is 1. The van der Waals surface area contributed by atoms with Crippen LogP contribution in [0.25, 0.3) is 22.3 Å². The van der Waals surface area contributed by atoms with Crippen LogP contribution >= 0.6 is 0 Å². The van der Waals surface area contributed by atoms with Gasteiger partial charge in [-0.3, -0.25) is 9.48 Å². The van der Waals surface area contributed by atoms with Gasteiger partial charge in [0.25, 0.3) is 5.91 Å². The largest absolute Gasteiger partial charge is 0.366 e. The maximum Gasteiger partial charge on any atom is 0.251 e. The van der Waals surface area contributed by atoms with Crippen molar-refractivity contribution in [3.8, 4) is 11.3 Å². The first-order chi connectivity index (χ1) is 14.0. The molecule has 3 aromatic heterocycles. The summed E-state index contributed by atoms with van der Waals surface area (Å²) in [4.78, 5) is 25.4. The molecule has 0 aliphatic carbocycles. The first kappa shape index (κ1) is 19.2. The number of aromatic nitrogens is 5. The molecule has 4 heterocycles. The van der Waals surface area contributed by atoms with Gasteiger partial charge in [0.15, 0.2) is 5.82 Å². The minimum absolute atomic E-state index is 0.149. The number of hydrogen-bond donors (Lipinski definition) is 3. The number of nitrogens with zero attached hydrogens (tertiary/aromatic N) is 5. The highest BCUT2D eigenvalue weighted by Crippen LogP contribution is 2.29. The Hall–Kier alpha value is -3.14. The van der Waals surface area contributed by atoms with Gasteiger partial charge < -0.3 is 16.4 Å². The van der Waals surface area contributed by atoms with Gasteiger partial charge in [0, 0.05) is 43.4 Å². The number of fused-ring (bicyclic) bond motifs is 1. The molecule has 4 rings (SSSR count). The van der Waals surface area contributed by atoms with Crippen molar-refractivity contribution in [3.63, 3.8) is 0 Å². The van der Waals surface area contributed by atoms with Gasteiger partial charge in [0.05, 0.1) is 17.5 Å². The standard InChI is InChI=1S/C19H23FN8O/c1-3-28-10(2)14(8-25-28)15-5-13(18(21)29)16-17(27-15)19(24-9-23-16)26-12-4-11(20)6-22-7-12/h5,8-9,11-12,22H,3-4,6-7H2,1-2H3,(H2,21,29)(H,23,24,26)/t11-,12-/m0/s1. The van der Waals surface area contributed by atoms with Gasteiger partial charge in [-0.25, -0.2) is 19.3 Å². The van der Waals surface area contributed by atoms with Gasteiger partial charge in [-0.05, 0) is 19.9 Å². The minimum atomic E-state index is -0.929. The Balaban J connectivity index is 1.84. The number of anilines is 1. The molecule has 152 valence electrons. The second kappa shape index (κ2) is 7.70. The maximum absolute atomic E-state index is 13.8. The second-order valence-corrected chi connectivity index (χ2v) is 7.13. The van der Waals surface area contributed by atoms with Crippen molar-refractivity contribution in [1.82, 2.24) is 30.0 Å². The van der Waals surface area contributed by atoms with Crippen LogP contribution < -0.4 is 16.4 Å². The van der Waals surface area contributed by atoms with Crippen LogP contribution in [0.2, 0.25) is 0 Å². The molecule has 0 radical (unpaired) electrons. The highest BCUT2D eigenvalue weighted by atomic mass is 19.1. The zero-order valence-electron chi connectivity index (χ0n) is 16.3. The number of aryl methyl sites for hydroxylation is 1. The third-order valence-electron chi connectivity index (χ3n) is 5.17. The molecular formula is C19H23FN8O. The molecule has 3 aromatic rings. The molecule has 0 unspecified atom stereocenters. The number of nitrogens with two attached hydrogens (primary N) is 1. The van der Waals surface area contributed by atoms with E-state index >= 15 is 0 Å². The van der Waals surface area contributed by atoms with Gasteiger partial charge >= 0.3 is 0 Å². The lowest BCUT2D eigenvalue weighted by molar-refractivity contribution is 0.100. The van der Waals surface area contributed by atoms with Crippen LogP contribution in [0.5, 0.6) is 0 Å². The molecule has 1 amide bonds. The highest BCUT2D eigenvalue weighted by Gasteiger charge is 2.23. The average molecular weight is 398 g/mol. The van der Waals surface area contributed by atoms with E-state index < -0.39 is 12.1 Å². The van der Waals surface area contributed by atoms with Crippen LogP contribution in [-0.2, 0) is 6.54 Å². The predicted molar refractivity (Wildman–Crippen MR) is 107 cm³/mol. The Morgan fingerprint density at radius 3 is 2.90 bits per heavy atom. The first-order valence-electron chi connectivity index (χ1n) is 9.57. The summed E-state index contributed by atoms with van der Waals surface area (Å²) in [6.45, 7) is 5.61. The number of carbonyl (C=O) groups excluding carboxylic acids is 1. The van der Waals surface area contributed by atoms with E-state index in [1.807, 2.05) is 18.5 Å². The number of pyridine rings is 1. The summed E-state index contributed by atoms with van der Waals surface area (Å²) in [5.74, 6) is -0.159. The van der Waals surface area contributed by atoms with Gasteiger partial charge in [-0.2, -0.15) is 5.10 Å². The Bertz CT molecular complexity index is 1070. The SMILES string of the molecule is CCn1ncc(-c2cc(C(N)=O)c3ncnc(N[C@@H]4CNC[C@@H](F)C4)c3n2)c1C. The summed E-state index contributed by atoms with van der Waals surface area (Å²) in [5, 5.41) is 10.6. The molecule has 0 saturated carbocycles. The van der Waals surface area contributed by atoms with Crippen molar-refractivity contribution in [1.29, 1.82) is 0 Å². The van der Waals surface area contributed by atoms with Crippen LogP contribution in [0.3, 0.4) is 0 Å². The molecule has 10 heteroatoms. The summed E-state index contributed by atoms with van der Waals surface area (Å²) in [6, 6.07) is 1.48. The van der Waals surface area contributed by atoms with E-state index in [4.69, 9.17) is 10.7 Å². The van der Waals surface area contributed by atoms with Crippen LogP contribution in [0.15, 0.2) is 18.6 Å². The van der Waals surface area contributed by atoms with Crippen LogP contribution in [-0.4, -0.2) is 55.9 Å². The van der Waals surface area contributed by atoms with Crippen molar-refractivity contribution < 1.29 is 9.18 Å². The summed E-state index contributed by atoms with van der Waals surface area (Å²) >= 11 is 0. The first-order valence-corrected chi connectivity index (χ1v) is 9.57. The monoisotopic (exact) mass is 398 g/mol. The third kappa shape index (κ3) is 3.63. The molecule has 0 bridgehead atoms. The fourth-order valence-corrected chi connectivity index (χ4v) is 3.68. The normalized spacial score (nSPS) is 19.4. The molecule has 1 fully saturated rings. The number of primary amides is 1. The van der Waals surface area contributed by atoms with Crippen molar-refractivity contribution in [2.24, 2.45) is 5.73 Å². The minimum Gasteiger partial charge on any atom is -0.366 e. The number of nitrogens with one attached hydrogen (secondary N) is 2. The predicted octanol–water partition coefficient (Wildman–Crippen LogP) is 1.43. The van der Waals surface area contributed by atoms with E-state index in [0.717, 1.165) is 17.8 Å². The fraction of sp³-hybridized carbons (Fsp3) is 0.421. The van der Waals surface area contributed by atoms with Gasteiger partial charge in [-0.15, -0.1) is 0 Å². The molecule has 2 atom stereocenters. The lowest BCUT2D eigenvalue weighted by atomic mass is 10.1. The highest BCUT2D eigenvalue weighted by molar-refractivity contribution is 6.06. The van der Waals surface area contributed by atoms with Crippen molar-refractivity contribution in [2.75, 3.05) is 18.4 Å². The topological polar surface area (TPSA) is 124 Å². The number of alkyl halides is 1. The third-order valence-corrected chi connectivity index (χ3v) is 5.17. The zero-order valence-corrected chi connectivity index (χ0v) is 16.3. The summed E-state index contributed by atoms with van der Waals surface area (Å²) in [6.07, 6.45) is 2.50. The molecule has 1 aliphatic heterocycles. The number of amides is 1. The zero-order chi connectivity index (χ0) is 20.5. The van der Waals surface area contributed by atoms with Crippen molar-refractivity contribution >= 4 is 22.8 Å². The average Bonchev–Trinajstić information content (AvgIpc) is 3.08. The molecule has 4 N–H and O–H groups in total. The van der Waals surface area contributed by atoms with E-state index in [2.05, 4.69) is 25.7 Å². The van der Waals surface area contributed by atoms with Crippen molar-refractivity contribution in [3.05, 3.63) is 29.8 Å². The van der Waals surface area contributed by atoms with Gasteiger partial charge in [0.1, 0.15) is 23.5 Å². The van der Waals surface area contributed by atoms with E-state index in [1.165, 1.54) is 6.33 Å². The quantitative estimate of drug-likeness (QED) is 0.594. The van der Waals surface area contributed by atoms with Crippen LogP contribution in [0, 0.1) is 6.92 Å². The second-order valence-electron chi connectivity index (χ2n) is 7.13. The van der Waals surface area contributed by atoms with E-state index in [0.29, 0.717) is 42.1 Å². The molecule has 9 nitrogen and oxygen atoms in total. The summed E-state index contributed by atoms with van der Waals surface area (Å²) in [7, 11) is 0. The molecule has 1 aliphatic rings. The molecule has 0 aromatic carbocycles. The Labute approximate surface area is 166 Å². The summed E-state index contributed by atoms with van der Waals surface area (Å²) in [5.41, 5.74) is 8.95. The molecule has 29 heavy (non-hydrogen) atoms. The Kier molecular flexibility index (Phi) is 5.10. The lowest BCUT2D eigenvalue weighted by Crippen LogP contribution is -2.44. The Morgan fingerprint density at radius 1 is 1.38 bits per heavy atom. The lowest BCUT2D eigenvalue weighted by Gasteiger charge is -2.27. The van der Waals surface area contributed by atoms with E-state index in [9.17, 15) is 9.18 Å². The number of piperidine rings is 1. The molecular weight excluding hydrogens is 375 g/mol. The number of hydrogen-bond acceptors (Lipinski definition) is 7. The van der Waals surface area contributed by atoms with E-state index in [1.54, 1.807) is 12.3 Å². The fourth-order valence-electron chi connectivity index (χ4n) is 3.68. The maximum atomic E-state index is 13.8. The molecule has 1 saturated heterocycles. The van der Waals surface area contributed by atoms with Gasteiger partial charge in [0.2, 0.25) is 0 Å².